The van der Waals surface area contributed by atoms with E-state index in [1.807, 2.05) is 0 Å². The Labute approximate surface area is 76.7 Å². The molecule has 2 N–H and O–H groups in total. The molecule has 0 heterocycles. The molecule has 1 rings (SSSR count). The molecule has 1 heteroatoms. The minimum absolute atomic E-state index is 0.800. The van der Waals surface area contributed by atoms with Crippen LogP contribution in [-0.2, 0) is 0 Å². The maximum absolute atomic E-state index is 5.79. The lowest BCUT2D eigenvalue weighted by atomic mass is 9.70. The Kier molecular flexibility index (Phi) is 3.57. The van der Waals surface area contributed by atoms with Crippen molar-refractivity contribution in [2.45, 2.75) is 40.0 Å². The van der Waals surface area contributed by atoms with Gasteiger partial charge in [0.05, 0.1) is 0 Å². The van der Waals surface area contributed by atoms with Crippen molar-refractivity contribution in [3.8, 4) is 0 Å². The molecule has 3 atom stereocenters. The summed E-state index contributed by atoms with van der Waals surface area (Å²) in [6.45, 7) is 7.93. The maximum Gasteiger partial charge on any atom is -0.00460 e. The van der Waals surface area contributed by atoms with Gasteiger partial charge in [0.2, 0.25) is 0 Å². The molecule has 0 aliphatic heterocycles. The molecule has 1 nitrogen and oxygen atoms in total. The van der Waals surface area contributed by atoms with Crippen molar-refractivity contribution in [1.29, 1.82) is 0 Å². The van der Waals surface area contributed by atoms with Gasteiger partial charge in [0.25, 0.3) is 0 Å². The number of rotatable bonds is 2. The Balaban J connectivity index is 2.50. The zero-order chi connectivity index (χ0) is 9.14. The second-order valence-electron chi connectivity index (χ2n) is 4.82. The standard InChI is InChI=1S/C11H23N/c1-8(2)11-5-4-9(3)6-10(11)7-12/h8-11H,4-7,12H2,1-3H3/t9-,10-,11+/m1/s1. The summed E-state index contributed by atoms with van der Waals surface area (Å²) in [5.41, 5.74) is 5.79. The van der Waals surface area contributed by atoms with E-state index in [4.69, 9.17) is 5.73 Å². The van der Waals surface area contributed by atoms with Gasteiger partial charge in [-0.05, 0) is 43.1 Å². The van der Waals surface area contributed by atoms with Gasteiger partial charge in [-0.2, -0.15) is 0 Å². The second kappa shape index (κ2) is 4.27. The quantitative estimate of drug-likeness (QED) is 0.675. The minimum Gasteiger partial charge on any atom is -0.330 e. The number of hydrogen-bond acceptors (Lipinski definition) is 1. The van der Waals surface area contributed by atoms with Crippen LogP contribution in [0.2, 0.25) is 0 Å². The molecule has 0 aromatic carbocycles. The van der Waals surface area contributed by atoms with Crippen molar-refractivity contribution in [3.63, 3.8) is 0 Å². The molecular weight excluding hydrogens is 146 g/mol. The van der Waals surface area contributed by atoms with Crippen LogP contribution in [0.5, 0.6) is 0 Å². The van der Waals surface area contributed by atoms with Gasteiger partial charge in [0, 0.05) is 0 Å². The van der Waals surface area contributed by atoms with Gasteiger partial charge in [-0.25, -0.2) is 0 Å². The van der Waals surface area contributed by atoms with Crippen LogP contribution in [-0.4, -0.2) is 6.54 Å². The van der Waals surface area contributed by atoms with Crippen molar-refractivity contribution >= 4 is 0 Å². The molecule has 1 fully saturated rings. The van der Waals surface area contributed by atoms with E-state index in [0.29, 0.717) is 0 Å². The van der Waals surface area contributed by atoms with Gasteiger partial charge >= 0.3 is 0 Å². The Bertz CT molecular complexity index is 131. The maximum atomic E-state index is 5.79. The highest BCUT2D eigenvalue weighted by molar-refractivity contribution is 4.80. The fourth-order valence-corrected chi connectivity index (χ4v) is 2.67. The van der Waals surface area contributed by atoms with Gasteiger partial charge in [0.1, 0.15) is 0 Å². The van der Waals surface area contributed by atoms with Crippen molar-refractivity contribution in [2.24, 2.45) is 29.4 Å². The average molecular weight is 169 g/mol. The van der Waals surface area contributed by atoms with Crippen LogP contribution in [0.4, 0.5) is 0 Å². The topological polar surface area (TPSA) is 26.0 Å². The summed E-state index contributed by atoms with van der Waals surface area (Å²) in [5, 5.41) is 0. The van der Waals surface area contributed by atoms with Crippen LogP contribution in [0.3, 0.4) is 0 Å². The summed E-state index contributed by atoms with van der Waals surface area (Å²) in [5.74, 6) is 3.43. The van der Waals surface area contributed by atoms with E-state index in [2.05, 4.69) is 20.8 Å². The monoisotopic (exact) mass is 169 g/mol. The SMILES string of the molecule is CC(C)[C@@H]1CC[C@@H](C)C[C@@H]1CN. The molecule has 1 aliphatic carbocycles. The largest absolute Gasteiger partial charge is 0.330 e. The first-order valence-corrected chi connectivity index (χ1v) is 5.35. The molecule has 0 saturated heterocycles. The first-order chi connectivity index (χ1) is 5.65. The van der Waals surface area contributed by atoms with Crippen LogP contribution in [0.1, 0.15) is 40.0 Å². The Morgan fingerprint density at radius 3 is 2.50 bits per heavy atom. The van der Waals surface area contributed by atoms with Crippen molar-refractivity contribution < 1.29 is 0 Å². The molecular formula is C11H23N. The molecule has 12 heavy (non-hydrogen) atoms. The predicted molar refractivity (Wildman–Crippen MR) is 53.9 cm³/mol. The third-order valence-corrected chi connectivity index (χ3v) is 3.46. The Hall–Kier alpha value is -0.0400. The minimum atomic E-state index is 0.800. The molecule has 0 amide bonds. The smallest absolute Gasteiger partial charge is 0.00460 e. The second-order valence-corrected chi connectivity index (χ2v) is 4.82. The zero-order valence-electron chi connectivity index (χ0n) is 8.72. The molecule has 0 unspecified atom stereocenters. The molecule has 72 valence electrons. The molecule has 0 spiro atoms. The summed E-state index contributed by atoms with van der Waals surface area (Å²) in [6, 6.07) is 0. The first kappa shape index (κ1) is 10.0. The summed E-state index contributed by atoms with van der Waals surface area (Å²) < 4.78 is 0. The number of hydrogen-bond donors (Lipinski definition) is 1. The van der Waals surface area contributed by atoms with E-state index >= 15 is 0 Å². The molecule has 0 aromatic heterocycles. The van der Waals surface area contributed by atoms with E-state index in [9.17, 15) is 0 Å². The lowest BCUT2D eigenvalue weighted by Gasteiger charge is -2.36. The number of nitrogens with two attached hydrogens (primary N) is 1. The van der Waals surface area contributed by atoms with Crippen molar-refractivity contribution in [1.82, 2.24) is 0 Å². The lowest BCUT2D eigenvalue weighted by Crippen LogP contribution is -2.32. The van der Waals surface area contributed by atoms with Crippen LogP contribution in [0.15, 0.2) is 0 Å². The predicted octanol–water partition coefficient (Wildman–Crippen LogP) is 2.65. The van der Waals surface area contributed by atoms with E-state index in [1.165, 1.54) is 19.3 Å². The Morgan fingerprint density at radius 2 is 2.00 bits per heavy atom. The van der Waals surface area contributed by atoms with Crippen LogP contribution < -0.4 is 5.73 Å². The summed E-state index contributed by atoms with van der Waals surface area (Å²) in [4.78, 5) is 0. The third-order valence-electron chi connectivity index (χ3n) is 3.46. The molecule has 0 aromatic rings. The summed E-state index contributed by atoms with van der Waals surface area (Å²) in [7, 11) is 0. The zero-order valence-corrected chi connectivity index (χ0v) is 8.72. The Morgan fingerprint density at radius 1 is 1.33 bits per heavy atom. The van der Waals surface area contributed by atoms with Gasteiger partial charge in [-0.1, -0.05) is 27.2 Å². The summed E-state index contributed by atoms with van der Waals surface area (Å²) >= 11 is 0. The average Bonchev–Trinajstić information content (AvgIpc) is 2.03. The molecule has 1 saturated carbocycles. The van der Waals surface area contributed by atoms with E-state index < -0.39 is 0 Å². The van der Waals surface area contributed by atoms with Gasteiger partial charge in [-0.15, -0.1) is 0 Å². The van der Waals surface area contributed by atoms with Crippen molar-refractivity contribution in [2.75, 3.05) is 6.54 Å². The highest BCUT2D eigenvalue weighted by Gasteiger charge is 2.29. The van der Waals surface area contributed by atoms with Crippen molar-refractivity contribution in [3.05, 3.63) is 0 Å². The van der Waals surface area contributed by atoms with E-state index in [1.54, 1.807) is 0 Å². The molecule has 0 radical (unpaired) electrons. The lowest BCUT2D eigenvalue weighted by molar-refractivity contribution is 0.150. The van der Waals surface area contributed by atoms with E-state index in [0.717, 1.165) is 30.2 Å². The van der Waals surface area contributed by atoms with Crippen LogP contribution >= 0.6 is 0 Å². The summed E-state index contributed by atoms with van der Waals surface area (Å²) in [6.07, 6.45) is 4.18. The van der Waals surface area contributed by atoms with Gasteiger partial charge in [0.15, 0.2) is 0 Å². The van der Waals surface area contributed by atoms with Gasteiger partial charge in [-0.3, -0.25) is 0 Å². The fraction of sp³-hybridized carbons (Fsp3) is 1.00. The van der Waals surface area contributed by atoms with Crippen LogP contribution in [0.25, 0.3) is 0 Å². The highest BCUT2D eigenvalue weighted by atomic mass is 14.6. The third kappa shape index (κ3) is 2.22. The normalized spacial score (nSPS) is 37.2. The van der Waals surface area contributed by atoms with E-state index in [-0.39, 0.29) is 0 Å². The fourth-order valence-electron chi connectivity index (χ4n) is 2.67. The highest BCUT2D eigenvalue weighted by Crippen LogP contribution is 2.37. The van der Waals surface area contributed by atoms with Crippen LogP contribution in [0, 0.1) is 23.7 Å². The molecule has 0 bridgehead atoms. The van der Waals surface area contributed by atoms with Gasteiger partial charge < -0.3 is 5.73 Å². The molecule has 1 aliphatic rings. The first-order valence-electron chi connectivity index (χ1n) is 5.35.